The molecule has 0 radical (unpaired) electrons. The van der Waals surface area contributed by atoms with Crippen molar-refractivity contribution < 1.29 is 27.5 Å². The molecule has 6 nitrogen and oxygen atoms in total. The van der Waals surface area contributed by atoms with Gasteiger partial charge in [-0.1, -0.05) is 18.2 Å². The lowest BCUT2D eigenvalue weighted by molar-refractivity contribution is -0.174. The molecule has 29 heavy (non-hydrogen) atoms. The molecule has 0 aromatic heterocycles. The van der Waals surface area contributed by atoms with Gasteiger partial charge in [0.2, 0.25) is 11.8 Å². The van der Waals surface area contributed by atoms with E-state index in [-0.39, 0.29) is 30.8 Å². The Balaban J connectivity index is 1.39. The molecular weight excluding hydrogens is 387 g/mol. The fourth-order valence-corrected chi connectivity index (χ4v) is 3.76. The number of para-hydroxylation sites is 1. The average Bonchev–Trinajstić information content (AvgIpc) is 3.09. The van der Waals surface area contributed by atoms with Crippen molar-refractivity contribution in [2.75, 3.05) is 57.4 Å². The number of alkyl halides is 3. The number of piperazine rings is 1. The lowest BCUT2D eigenvalue weighted by Gasteiger charge is -2.35. The molecule has 0 saturated carbocycles. The van der Waals surface area contributed by atoms with Gasteiger partial charge in [-0.25, -0.2) is 0 Å². The number of hydrogen-bond donors (Lipinski definition) is 0. The van der Waals surface area contributed by atoms with E-state index < -0.39 is 12.8 Å². The standard InChI is InChI=1S/C20H26F3N3O3/c21-20(22,23)15-29-12-4-7-24-8-10-25(11-9-24)19(28)16-13-18(27)26(14-16)17-5-2-1-3-6-17/h1-3,5-6,16H,4,7-15H2. The molecule has 2 aliphatic rings. The highest BCUT2D eigenvalue weighted by Gasteiger charge is 2.37. The van der Waals surface area contributed by atoms with Crippen molar-refractivity contribution in [3.63, 3.8) is 0 Å². The van der Waals surface area contributed by atoms with Crippen LogP contribution in [0.1, 0.15) is 12.8 Å². The molecule has 2 heterocycles. The summed E-state index contributed by atoms with van der Waals surface area (Å²) in [6.07, 6.45) is -3.54. The molecule has 9 heteroatoms. The molecule has 0 aliphatic carbocycles. The molecule has 1 aromatic carbocycles. The van der Waals surface area contributed by atoms with Gasteiger partial charge in [-0.2, -0.15) is 13.2 Å². The van der Waals surface area contributed by atoms with Gasteiger partial charge in [-0.05, 0) is 18.6 Å². The van der Waals surface area contributed by atoms with Gasteiger partial charge in [0, 0.05) is 58.0 Å². The quantitative estimate of drug-likeness (QED) is 0.643. The Morgan fingerprint density at radius 2 is 1.79 bits per heavy atom. The minimum Gasteiger partial charge on any atom is -0.372 e. The van der Waals surface area contributed by atoms with Crippen LogP contribution in [-0.2, 0) is 14.3 Å². The van der Waals surface area contributed by atoms with Gasteiger partial charge >= 0.3 is 6.18 Å². The number of halogens is 3. The van der Waals surface area contributed by atoms with E-state index in [0.717, 1.165) is 5.69 Å². The number of nitrogens with zero attached hydrogens (tertiary/aromatic N) is 3. The second kappa shape index (κ2) is 9.58. The third kappa shape index (κ3) is 6.17. The molecule has 2 amide bonds. The van der Waals surface area contributed by atoms with Gasteiger partial charge in [-0.3, -0.25) is 14.5 Å². The van der Waals surface area contributed by atoms with Crippen LogP contribution < -0.4 is 4.90 Å². The maximum atomic E-state index is 12.8. The molecule has 1 atom stereocenters. The molecule has 1 unspecified atom stereocenters. The molecule has 2 fully saturated rings. The van der Waals surface area contributed by atoms with E-state index in [1.54, 1.807) is 9.80 Å². The SMILES string of the molecule is O=C(C1CC(=O)N(c2ccccc2)C1)N1CCN(CCCOCC(F)(F)F)CC1. The monoisotopic (exact) mass is 413 g/mol. The first-order chi connectivity index (χ1) is 13.8. The largest absolute Gasteiger partial charge is 0.411 e. The summed E-state index contributed by atoms with van der Waals surface area (Å²) in [5.74, 6) is -0.359. The van der Waals surface area contributed by atoms with Crippen molar-refractivity contribution in [3.8, 4) is 0 Å². The summed E-state index contributed by atoms with van der Waals surface area (Å²) in [6, 6.07) is 9.34. The van der Waals surface area contributed by atoms with Crippen molar-refractivity contribution in [2.24, 2.45) is 5.92 Å². The minimum atomic E-state index is -4.29. The molecule has 2 saturated heterocycles. The summed E-state index contributed by atoms with van der Waals surface area (Å²) < 4.78 is 40.7. The molecule has 160 valence electrons. The van der Waals surface area contributed by atoms with E-state index in [4.69, 9.17) is 0 Å². The number of anilines is 1. The second-order valence-corrected chi connectivity index (χ2v) is 7.43. The second-order valence-electron chi connectivity index (χ2n) is 7.43. The topological polar surface area (TPSA) is 53.1 Å². The Morgan fingerprint density at radius 3 is 2.45 bits per heavy atom. The first-order valence-electron chi connectivity index (χ1n) is 9.84. The van der Waals surface area contributed by atoms with Crippen LogP contribution in [0.5, 0.6) is 0 Å². The number of rotatable bonds is 7. The summed E-state index contributed by atoms with van der Waals surface area (Å²) in [6.45, 7) is 2.38. The maximum Gasteiger partial charge on any atom is 0.411 e. The Bertz CT molecular complexity index is 691. The number of amides is 2. The Hall–Kier alpha value is -2.13. The van der Waals surface area contributed by atoms with Crippen molar-refractivity contribution in [1.82, 2.24) is 9.80 Å². The number of carbonyl (C=O) groups excluding carboxylic acids is 2. The number of hydrogen-bond acceptors (Lipinski definition) is 4. The van der Waals surface area contributed by atoms with Crippen LogP contribution >= 0.6 is 0 Å². The Labute approximate surface area is 168 Å². The van der Waals surface area contributed by atoms with E-state index >= 15 is 0 Å². The van der Waals surface area contributed by atoms with E-state index in [9.17, 15) is 22.8 Å². The first-order valence-corrected chi connectivity index (χ1v) is 9.84. The van der Waals surface area contributed by atoms with Crippen LogP contribution in [0.4, 0.5) is 18.9 Å². The van der Waals surface area contributed by atoms with Gasteiger partial charge in [0.25, 0.3) is 0 Å². The van der Waals surface area contributed by atoms with Crippen molar-refractivity contribution in [1.29, 1.82) is 0 Å². The smallest absolute Gasteiger partial charge is 0.372 e. The van der Waals surface area contributed by atoms with Crippen LogP contribution in [-0.4, -0.2) is 80.3 Å². The predicted octanol–water partition coefficient (Wildman–Crippen LogP) is 2.15. The van der Waals surface area contributed by atoms with Crippen molar-refractivity contribution in [3.05, 3.63) is 30.3 Å². The zero-order chi connectivity index (χ0) is 20.9. The zero-order valence-corrected chi connectivity index (χ0v) is 16.2. The molecule has 2 aliphatic heterocycles. The fraction of sp³-hybridized carbons (Fsp3) is 0.600. The molecule has 0 N–H and O–H groups in total. The van der Waals surface area contributed by atoms with Gasteiger partial charge in [0.05, 0.1) is 5.92 Å². The molecule has 0 bridgehead atoms. The van der Waals surface area contributed by atoms with Crippen molar-refractivity contribution in [2.45, 2.75) is 19.0 Å². The lowest BCUT2D eigenvalue weighted by atomic mass is 10.1. The molecule has 1 aromatic rings. The Morgan fingerprint density at radius 1 is 1.10 bits per heavy atom. The average molecular weight is 413 g/mol. The third-order valence-corrected chi connectivity index (χ3v) is 5.25. The highest BCUT2D eigenvalue weighted by molar-refractivity contribution is 6.00. The first kappa shape index (κ1) is 21.6. The van der Waals surface area contributed by atoms with Gasteiger partial charge in [0.15, 0.2) is 0 Å². The van der Waals surface area contributed by atoms with Gasteiger partial charge in [0.1, 0.15) is 6.61 Å². The van der Waals surface area contributed by atoms with Gasteiger partial charge in [-0.15, -0.1) is 0 Å². The summed E-state index contributed by atoms with van der Waals surface area (Å²) in [5.41, 5.74) is 0.811. The minimum absolute atomic E-state index is 0.00458. The van der Waals surface area contributed by atoms with Crippen LogP contribution in [0.15, 0.2) is 30.3 Å². The Kier molecular flexibility index (Phi) is 7.13. The normalized spacial score (nSPS) is 21.1. The number of ether oxygens (including phenoxy) is 1. The van der Waals surface area contributed by atoms with Crippen LogP contribution in [0, 0.1) is 5.92 Å². The molecule has 0 spiro atoms. The van der Waals surface area contributed by atoms with Gasteiger partial charge < -0.3 is 14.5 Å². The summed E-state index contributed by atoms with van der Waals surface area (Å²) in [7, 11) is 0. The molecule has 3 rings (SSSR count). The number of benzene rings is 1. The highest BCUT2D eigenvalue weighted by atomic mass is 19.4. The molecular formula is C20H26F3N3O3. The van der Waals surface area contributed by atoms with E-state index in [1.807, 2.05) is 30.3 Å². The zero-order valence-electron chi connectivity index (χ0n) is 16.2. The predicted molar refractivity (Wildman–Crippen MR) is 101 cm³/mol. The maximum absolute atomic E-state index is 12.8. The summed E-state index contributed by atoms with van der Waals surface area (Å²) in [4.78, 5) is 30.7. The van der Waals surface area contributed by atoms with E-state index in [0.29, 0.717) is 45.7 Å². The highest BCUT2D eigenvalue weighted by Crippen LogP contribution is 2.26. The van der Waals surface area contributed by atoms with E-state index in [1.165, 1.54) is 0 Å². The third-order valence-electron chi connectivity index (χ3n) is 5.25. The number of carbonyl (C=O) groups is 2. The van der Waals surface area contributed by atoms with E-state index in [2.05, 4.69) is 9.64 Å². The summed E-state index contributed by atoms with van der Waals surface area (Å²) >= 11 is 0. The van der Waals surface area contributed by atoms with Crippen molar-refractivity contribution >= 4 is 17.5 Å². The van der Waals surface area contributed by atoms with Crippen LogP contribution in [0.3, 0.4) is 0 Å². The fourth-order valence-electron chi connectivity index (χ4n) is 3.76. The van der Waals surface area contributed by atoms with Crippen LogP contribution in [0.2, 0.25) is 0 Å². The van der Waals surface area contributed by atoms with Crippen LogP contribution in [0.25, 0.3) is 0 Å². The lowest BCUT2D eigenvalue weighted by Crippen LogP contribution is -2.50. The summed E-state index contributed by atoms with van der Waals surface area (Å²) in [5, 5.41) is 0.